The van der Waals surface area contributed by atoms with Gasteiger partial charge in [0.25, 0.3) is 0 Å². The van der Waals surface area contributed by atoms with E-state index in [9.17, 15) is 10.1 Å². The Bertz CT molecular complexity index is 505. The van der Waals surface area contributed by atoms with Gasteiger partial charge in [0.1, 0.15) is 6.07 Å². The molecule has 1 aromatic heterocycles. The molecule has 0 aromatic carbocycles. The highest BCUT2D eigenvalue weighted by molar-refractivity contribution is 5.58. The first-order chi connectivity index (χ1) is 8.95. The van der Waals surface area contributed by atoms with Crippen molar-refractivity contribution in [2.45, 2.75) is 32.2 Å². The largest absolute Gasteiger partial charge is 0.362 e. The molecule has 19 heavy (non-hydrogen) atoms. The van der Waals surface area contributed by atoms with E-state index < -0.39 is 10.5 Å². The van der Waals surface area contributed by atoms with Gasteiger partial charge < -0.3 is 11.1 Å². The highest BCUT2D eigenvalue weighted by Crippen LogP contribution is 2.23. The van der Waals surface area contributed by atoms with Crippen LogP contribution in [0.4, 0.5) is 11.5 Å². The Balaban J connectivity index is 2.96. The number of nitrogens with zero attached hydrogens (tertiary/aromatic N) is 3. The summed E-state index contributed by atoms with van der Waals surface area (Å²) in [5.74, 6) is 0.140. The van der Waals surface area contributed by atoms with Crippen LogP contribution in [0.25, 0.3) is 0 Å². The SMILES string of the molecule is CCC(N)(CC)CNc1ncc(C#N)cc1[N+](=O)[O-]. The lowest BCUT2D eigenvalue weighted by Crippen LogP contribution is -2.45. The third-order valence-corrected chi connectivity index (χ3v) is 3.21. The number of nitro groups is 1. The first kappa shape index (κ1) is 14.9. The van der Waals surface area contributed by atoms with E-state index in [1.165, 1.54) is 12.3 Å². The number of pyridine rings is 1. The zero-order valence-corrected chi connectivity index (χ0v) is 11.0. The van der Waals surface area contributed by atoms with E-state index in [0.29, 0.717) is 6.54 Å². The van der Waals surface area contributed by atoms with Crippen LogP contribution in [0.15, 0.2) is 12.3 Å². The van der Waals surface area contributed by atoms with Crippen LogP contribution in [0.5, 0.6) is 0 Å². The lowest BCUT2D eigenvalue weighted by Gasteiger charge is -2.26. The van der Waals surface area contributed by atoms with Crippen LogP contribution in [0.1, 0.15) is 32.3 Å². The van der Waals surface area contributed by atoms with Gasteiger partial charge in [0.05, 0.1) is 10.5 Å². The molecule has 7 heteroatoms. The molecule has 0 bridgehead atoms. The maximum absolute atomic E-state index is 10.9. The molecule has 1 aromatic rings. The number of hydrogen-bond donors (Lipinski definition) is 2. The molecule has 0 fully saturated rings. The summed E-state index contributed by atoms with van der Waals surface area (Å²) in [5, 5.41) is 22.6. The summed E-state index contributed by atoms with van der Waals surface area (Å²) >= 11 is 0. The average Bonchev–Trinajstić information content (AvgIpc) is 2.44. The predicted octanol–water partition coefficient (Wildman–Crippen LogP) is 1.79. The molecule has 7 nitrogen and oxygen atoms in total. The summed E-state index contributed by atoms with van der Waals surface area (Å²) in [6.07, 6.45) is 2.80. The molecular weight excluding hydrogens is 246 g/mol. The van der Waals surface area contributed by atoms with E-state index in [1.54, 1.807) is 0 Å². The van der Waals surface area contributed by atoms with E-state index in [-0.39, 0.29) is 17.1 Å². The van der Waals surface area contributed by atoms with Crippen LogP contribution < -0.4 is 11.1 Å². The number of nitrogens with one attached hydrogen (secondary N) is 1. The maximum Gasteiger partial charge on any atom is 0.312 e. The Labute approximate surface area is 111 Å². The van der Waals surface area contributed by atoms with Gasteiger partial charge in [-0.1, -0.05) is 13.8 Å². The Morgan fingerprint density at radius 2 is 2.21 bits per heavy atom. The normalized spacial score (nSPS) is 10.8. The summed E-state index contributed by atoms with van der Waals surface area (Å²) in [5.41, 5.74) is 5.63. The molecule has 1 heterocycles. The van der Waals surface area contributed by atoms with Crippen molar-refractivity contribution in [1.82, 2.24) is 4.98 Å². The maximum atomic E-state index is 10.9. The van der Waals surface area contributed by atoms with Crippen LogP contribution in [-0.4, -0.2) is 22.0 Å². The van der Waals surface area contributed by atoms with Crippen LogP contribution >= 0.6 is 0 Å². The molecule has 0 saturated heterocycles. The second-order valence-corrected chi connectivity index (χ2v) is 4.38. The van der Waals surface area contributed by atoms with Gasteiger partial charge in [0, 0.05) is 24.3 Å². The van der Waals surface area contributed by atoms with Crippen molar-refractivity contribution in [3.8, 4) is 6.07 Å². The van der Waals surface area contributed by atoms with Gasteiger partial charge in [-0.25, -0.2) is 4.98 Å². The summed E-state index contributed by atoms with van der Waals surface area (Å²) in [7, 11) is 0. The third-order valence-electron chi connectivity index (χ3n) is 3.21. The van der Waals surface area contributed by atoms with Gasteiger partial charge in [-0.15, -0.1) is 0 Å². The van der Waals surface area contributed by atoms with Crippen LogP contribution in [0.3, 0.4) is 0 Å². The number of anilines is 1. The molecule has 0 aliphatic rings. The molecule has 0 aliphatic heterocycles. The smallest absolute Gasteiger partial charge is 0.312 e. The van der Waals surface area contributed by atoms with Gasteiger partial charge in [0.15, 0.2) is 0 Å². The van der Waals surface area contributed by atoms with Crippen LogP contribution in [0, 0.1) is 21.4 Å². The number of nitrogens with two attached hydrogens (primary N) is 1. The van der Waals surface area contributed by atoms with Gasteiger partial charge >= 0.3 is 5.69 Å². The summed E-state index contributed by atoms with van der Waals surface area (Å²) in [6.45, 7) is 4.32. The Morgan fingerprint density at radius 1 is 1.58 bits per heavy atom. The van der Waals surface area contributed by atoms with Gasteiger partial charge in [-0.05, 0) is 12.8 Å². The third kappa shape index (κ3) is 3.63. The van der Waals surface area contributed by atoms with E-state index in [1.807, 2.05) is 19.9 Å². The zero-order valence-electron chi connectivity index (χ0n) is 11.0. The standard InChI is InChI=1S/C12H17N5O2/c1-3-12(14,4-2)8-16-11-10(17(18)19)5-9(6-13)7-15-11/h5,7H,3-4,8,14H2,1-2H3,(H,15,16). The van der Waals surface area contributed by atoms with Crippen molar-refractivity contribution in [1.29, 1.82) is 5.26 Å². The van der Waals surface area contributed by atoms with E-state index >= 15 is 0 Å². The fourth-order valence-electron chi connectivity index (χ4n) is 1.55. The molecule has 0 unspecified atom stereocenters. The summed E-state index contributed by atoms with van der Waals surface area (Å²) < 4.78 is 0. The zero-order chi connectivity index (χ0) is 14.5. The minimum atomic E-state index is -0.563. The topological polar surface area (TPSA) is 118 Å². The average molecular weight is 263 g/mol. The minimum Gasteiger partial charge on any atom is -0.362 e. The minimum absolute atomic E-state index is 0.140. The van der Waals surface area contributed by atoms with Gasteiger partial charge in [-0.3, -0.25) is 10.1 Å². The highest BCUT2D eigenvalue weighted by Gasteiger charge is 2.23. The molecule has 0 spiro atoms. The molecular formula is C12H17N5O2. The molecule has 0 atom stereocenters. The number of aromatic nitrogens is 1. The van der Waals surface area contributed by atoms with Crippen molar-refractivity contribution in [3.05, 3.63) is 27.9 Å². The molecule has 0 saturated carbocycles. The Kier molecular flexibility index (Phi) is 4.78. The number of hydrogen-bond acceptors (Lipinski definition) is 6. The van der Waals surface area contributed by atoms with Gasteiger partial charge in [-0.2, -0.15) is 5.26 Å². The number of nitriles is 1. The molecule has 0 amide bonds. The second-order valence-electron chi connectivity index (χ2n) is 4.38. The monoisotopic (exact) mass is 263 g/mol. The molecule has 102 valence electrons. The van der Waals surface area contributed by atoms with E-state index in [2.05, 4.69) is 10.3 Å². The Hall–Kier alpha value is -2.20. The lowest BCUT2D eigenvalue weighted by atomic mass is 9.94. The van der Waals surface area contributed by atoms with Crippen LogP contribution in [0.2, 0.25) is 0 Å². The molecule has 1 rings (SSSR count). The second kappa shape index (κ2) is 6.11. The molecule has 0 radical (unpaired) electrons. The van der Waals surface area contributed by atoms with Crippen molar-refractivity contribution >= 4 is 11.5 Å². The van der Waals surface area contributed by atoms with Gasteiger partial charge in [0.2, 0.25) is 5.82 Å². The van der Waals surface area contributed by atoms with Crippen molar-refractivity contribution < 1.29 is 4.92 Å². The number of rotatable bonds is 6. The fraction of sp³-hybridized carbons (Fsp3) is 0.500. The van der Waals surface area contributed by atoms with Crippen molar-refractivity contribution in [2.75, 3.05) is 11.9 Å². The van der Waals surface area contributed by atoms with Crippen molar-refractivity contribution in [3.63, 3.8) is 0 Å². The lowest BCUT2D eigenvalue weighted by molar-refractivity contribution is -0.384. The van der Waals surface area contributed by atoms with Crippen LogP contribution in [-0.2, 0) is 0 Å². The highest BCUT2D eigenvalue weighted by atomic mass is 16.6. The molecule has 0 aliphatic carbocycles. The van der Waals surface area contributed by atoms with Crippen molar-refractivity contribution in [2.24, 2.45) is 5.73 Å². The first-order valence-corrected chi connectivity index (χ1v) is 6.03. The molecule has 3 N–H and O–H groups in total. The van der Waals surface area contributed by atoms with E-state index in [4.69, 9.17) is 11.0 Å². The first-order valence-electron chi connectivity index (χ1n) is 6.03. The summed E-state index contributed by atoms with van der Waals surface area (Å²) in [6, 6.07) is 3.02. The quantitative estimate of drug-likeness (QED) is 0.596. The predicted molar refractivity (Wildman–Crippen MR) is 71.6 cm³/mol. The Morgan fingerprint density at radius 3 is 2.68 bits per heavy atom. The fourth-order valence-corrected chi connectivity index (χ4v) is 1.55. The van der Waals surface area contributed by atoms with E-state index in [0.717, 1.165) is 12.8 Å². The summed E-state index contributed by atoms with van der Waals surface area (Å²) in [4.78, 5) is 14.3.